The van der Waals surface area contributed by atoms with Crippen LogP contribution in [0.25, 0.3) is 5.69 Å². The number of benzene rings is 1. The Balaban J connectivity index is 2.51. The van der Waals surface area contributed by atoms with Crippen LogP contribution in [0.3, 0.4) is 0 Å². The maximum Gasteiger partial charge on any atom is 0.358 e. The van der Waals surface area contributed by atoms with E-state index in [9.17, 15) is 4.79 Å². The summed E-state index contributed by atoms with van der Waals surface area (Å²) < 4.78 is 6.08. The van der Waals surface area contributed by atoms with E-state index < -0.39 is 5.97 Å². The third-order valence-electron chi connectivity index (χ3n) is 2.52. The van der Waals surface area contributed by atoms with E-state index in [2.05, 4.69) is 9.84 Å². The van der Waals surface area contributed by atoms with E-state index >= 15 is 0 Å². The molecule has 0 aliphatic heterocycles. The molecule has 0 fully saturated rings. The molecule has 2 N–H and O–H groups in total. The second-order valence-corrected chi connectivity index (χ2v) is 4.23. The molecule has 0 unspecified atom stereocenters. The molecule has 2 aromatic rings. The SMILES string of the molecule is COC(=O)c1cc(N)n(-c2ccc(Cl)cc2C)n1. The molecule has 1 aromatic carbocycles. The van der Waals surface area contributed by atoms with Gasteiger partial charge in [0.1, 0.15) is 5.82 Å². The summed E-state index contributed by atoms with van der Waals surface area (Å²) in [6, 6.07) is 6.81. The van der Waals surface area contributed by atoms with Crippen LogP contribution >= 0.6 is 11.6 Å². The van der Waals surface area contributed by atoms with Crippen molar-refractivity contribution in [3.63, 3.8) is 0 Å². The van der Waals surface area contributed by atoms with Gasteiger partial charge in [0.05, 0.1) is 12.8 Å². The van der Waals surface area contributed by atoms with E-state index in [1.807, 2.05) is 6.92 Å². The predicted molar refractivity (Wildman–Crippen MR) is 69.1 cm³/mol. The first-order chi connectivity index (χ1) is 8.52. The molecule has 1 aromatic heterocycles. The highest BCUT2D eigenvalue weighted by atomic mass is 35.5. The third-order valence-corrected chi connectivity index (χ3v) is 2.75. The average Bonchev–Trinajstić information content (AvgIpc) is 2.70. The smallest absolute Gasteiger partial charge is 0.358 e. The first-order valence-electron chi connectivity index (χ1n) is 5.23. The standard InChI is InChI=1S/C12H12ClN3O2/c1-7-5-8(13)3-4-10(7)16-11(14)6-9(15-16)12(17)18-2/h3-6H,14H2,1-2H3. The molecule has 94 valence electrons. The van der Waals surface area contributed by atoms with Crippen molar-refractivity contribution in [1.82, 2.24) is 9.78 Å². The normalized spacial score (nSPS) is 10.4. The molecular formula is C12H12ClN3O2. The van der Waals surface area contributed by atoms with Crippen molar-refractivity contribution in [2.24, 2.45) is 0 Å². The van der Waals surface area contributed by atoms with Gasteiger partial charge in [-0.05, 0) is 30.7 Å². The lowest BCUT2D eigenvalue weighted by Crippen LogP contribution is -2.06. The number of methoxy groups -OCH3 is 1. The van der Waals surface area contributed by atoms with Crippen LogP contribution in [0.5, 0.6) is 0 Å². The molecule has 0 radical (unpaired) electrons. The number of ether oxygens (including phenoxy) is 1. The molecule has 0 bridgehead atoms. The second kappa shape index (κ2) is 4.70. The number of halogens is 1. The minimum absolute atomic E-state index is 0.171. The van der Waals surface area contributed by atoms with E-state index in [1.54, 1.807) is 18.2 Å². The number of rotatable bonds is 2. The zero-order valence-corrected chi connectivity index (χ0v) is 10.7. The van der Waals surface area contributed by atoms with E-state index in [0.29, 0.717) is 10.8 Å². The second-order valence-electron chi connectivity index (χ2n) is 3.79. The molecule has 0 spiro atoms. The maximum absolute atomic E-state index is 11.4. The van der Waals surface area contributed by atoms with Gasteiger partial charge in [0, 0.05) is 11.1 Å². The summed E-state index contributed by atoms with van der Waals surface area (Å²) in [4.78, 5) is 11.4. The largest absolute Gasteiger partial charge is 0.464 e. The van der Waals surface area contributed by atoms with Crippen molar-refractivity contribution < 1.29 is 9.53 Å². The van der Waals surface area contributed by atoms with Crippen molar-refractivity contribution in [3.05, 3.63) is 40.5 Å². The molecule has 18 heavy (non-hydrogen) atoms. The summed E-state index contributed by atoms with van der Waals surface area (Å²) in [6.45, 7) is 1.89. The van der Waals surface area contributed by atoms with Crippen LogP contribution in [0.4, 0.5) is 5.82 Å². The first kappa shape index (κ1) is 12.4. The summed E-state index contributed by atoms with van der Waals surface area (Å²) in [6.07, 6.45) is 0. The summed E-state index contributed by atoms with van der Waals surface area (Å²) in [5.41, 5.74) is 7.68. The van der Waals surface area contributed by atoms with Gasteiger partial charge in [0.15, 0.2) is 5.69 Å². The fourth-order valence-electron chi connectivity index (χ4n) is 1.65. The van der Waals surface area contributed by atoms with Gasteiger partial charge in [-0.3, -0.25) is 0 Å². The molecule has 0 atom stereocenters. The summed E-state index contributed by atoms with van der Waals surface area (Å²) in [5.74, 6) is -0.159. The highest BCUT2D eigenvalue weighted by molar-refractivity contribution is 6.30. The van der Waals surface area contributed by atoms with Crippen LogP contribution in [-0.4, -0.2) is 22.9 Å². The number of aromatic nitrogens is 2. The molecule has 0 saturated heterocycles. The van der Waals surface area contributed by atoms with Crippen LogP contribution in [-0.2, 0) is 4.74 Å². The van der Waals surface area contributed by atoms with Gasteiger partial charge >= 0.3 is 5.97 Å². The van der Waals surface area contributed by atoms with Crippen molar-refractivity contribution in [2.75, 3.05) is 12.8 Å². The maximum atomic E-state index is 11.4. The number of nitrogens with two attached hydrogens (primary N) is 1. The van der Waals surface area contributed by atoms with Gasteiger partial charge in [-0.15, -0.1) is 0 Å². The number of hydrogen-bond acceptors (Lipinski definition) is 4. The van der Waals surface area contributed by atoms with Crippen molar-refractivity contribution in [3.8, 4) is 5.69 Å². The van der Waals surface area contributed by atoms with Crippen LogP contribution in [0, 0.1) is 6.92 Å². The van der Waals surface area contributed by atoms with Crippen LogP contribution < -0.4 is 5.73 Å². The zero-order valence-electron chi connectivity index (χ0n) is 9.98. The van der Waals surface area contributed by atoms with Gasteiger partial charge in [0.2, 0.25) is 0 Å². The van der Waals surface area contributed by atoms with E-state index in [-0.39, 0.29) is 5.69 Å². The van der Waals surface area contributed by atoms with Crippen molar-refractivity contribution >= 4 is 23.4 Å². The summed E-state index contributed by atoms with van der Waals surface area (Å²) in [7, 11) is 1.30. The zero-order chi connectivity index (χ0) is 13.3. The Morgan fingerprint density at radius 3 is 2.78 bits per heavy atom. The predicted octanol–water partition coefficient (Wildman–Crippen LogP) is 2.20. The lowest BCUT2D eigenvalue weighted by atomic mass is 10.2. The Kier molecular flexibility index (Phi) is 3.25. The minimum Gasteiger partial charge on any atom is -0.464 e. The molecule has 6 heteroatoms. The van der Waals surface area contributed by atoms with Crippen molar-refractivity contribution in [2.45, 2.75) is 6.92 Å². The first-order valence-corrected chi connectivity index (χ1v) is 5.61. The number of nitrogens with zero attached hydrogens (tertiary/aromatic N) is 2. The fourth-order valence-corrected chi connectivity index (χ4v) is 1.88. The molecule has 2 rings (SSSR count). The van der Waals surface area contributed by atoms with E-state index in [1.165, 1.54) is 17.9 Å². The Bertz CT molecular complexity index is 607. The number of carbonyl (C=O) groups is 1. The topological polar surface area (TPSA) is 70.1 Å². The molecule has 0 saturated carbocycles. The summed E-state index contributed by atoms with van der Waals surface area (Å²) in [5, 5.41) is 4.75. The average molecular weight is 266 g/mol. The third kappa shape index (κ3) is 2.17. The number of carbonyl (C=O) groups excluding carboxylic acids is 1. The van der Waals surface area contributed by atoms with E-state index in [0.717, 1.165) is 11.3 Å². The lowest BCUT2D eigenvalue weighted by molar-refractivity contribution is 0.0593. The fraction of sp³-hybridized carbons (Fsp3) is 0.167. The van der Waals surface area contributed by atoms with Crippen molar-refractivity contribution in [1.29, 1.82) is 0 Å². The Hall–Kier alpha value is -2.01. The summed E-state index contributed by atoms with van der Waals surface area (Å²) >= 11 is 5.89. The van der Waals surface area contributed by atoms with Gasteiger partial charge in [-0.2, -0.15) is 5.10 Å². The number of hydrogen-bond donors (Lipinski definition) is 1. The van der Waals surface area contributed by atoms with Gasteiger partial charge in [0.25, 0.3) is 0 Å². The molecule has 5 nitrogen and oxygen atoms in total. The minimum atomic E-state index is -0.521. The number of nitrogen functional groups attached to an aromatic ring is 1. The van der Waals surface area contributed by atoms with E-state index in [4.69, 9.17) is 17.3 Å². The molecule has 0 aliphatic rings. The molecule has 0 aliphatic carbocycles. The van der Waals surface area contributed by atoms with Gasteiger partial charge in [-0.1, -0.05) is 11.6 Å². The number of esters is 1. The molecule has 1 heterocycles. The van der Waals surface area contributed by atoms with Gasteiger partial charge < -0.3 is 10.5 Å². The van der Waals surface area contributed by atoms with Crippen LogP contribution in [0.15, 0.2) is 24.3 Å². The molecular weight excluding hydrogens is 254 g/mol. The number of aryl methyl sites for hydroxylation is 1. The Morgan fingerprint density at radius 1 is 1.44 bits per heavy atom. The van der Waals surface area contributed by atoms with Crippen LogP contribution in [0.2, 0.25) is 5.02 Å². The molecule has 0 amide bonds. The number of anilines is 1. The van der Waals surface area contributed by atoms with Crippen LogP contribution in [0.1, 0.15) is 16.1 Å². The lowest BCUT2D eigenvalue weighted by Gasteiger charge is -2.07. The van der Waals surface area contributed by atoms with Gasteiger partial charge in [-0.25, -0.2) is 9.48 Å². The highest BCUT2D eigenvalue weighted by Gasteiger charge is 2.15. The quantitative estimate of drug-likeness (QED) is 0.845. The highest BCUT2D eigenvalue weighted by Crippen LogP contribution is 2.21. The monoisotopic (exact) mass is 265 g/mol. The Morgan fingerprint density at radius 2 is 2.17 bits per heavy atom. The Labute approximate surface area is 109 Å².